The standard InChI is InChI=1S/C14H18FN7O3/c1-8-11(14(15)20(4)18-8)7-16-17-12(23)5-6-21-10(3)13(22(24)25)9(2)19-21/h7H,5-6H2,1-4H3,(H,17,23). The maximum absolute atomic E-state index is 13.7. The normalized spacial score (nSPS) is 11.2. The number of nitrogens with zero attached hydrogens (tertiary/aromatic N) is 6. The van der Waals surface area contributed by atoms with Crippen molar-refractivity contribution in [3.63, 3.8) is 0 Å². The predicted molar refractivity (Wildman–Crippen MR) is 86.6 cm³/mol. The number of aryl methyl sites for hydroxylation is 4. The van der Waals surface area contributed by atoms with Gasteiger partial charge in [-0.3, -0.25) is 19.6 Å². The Balaban J connectivity index is 1.94. The summed E-state index contributed by atoms with van der Waals surface area (Å²) in [5, 5.41) is 22.6. The second-order valence-corrected chi connectivity index (χ2v) is 5.46. The van der Waals surface area contributed by atoms with Crippen molar-refractivity contribution in [2.75, 3.05) is 0 Å². The van der Waals surface area contributed by atoms with Gasteiger partial charge in [-0.2, -0.15) is 19.7 Å². The maximum Gasteiger partial charge on any atom is 0.312 e. The van der Waals surface area contributed by atoms with Gasteiger partial charge < -0.3 is 0 Å². The highest BCUT2D eigenvalue weighted by Gasteiger charge is 2.21. The Kier molecular flexibility index (Phi) is 5.25. The van der Waals surface area contributed by atoms with E-state index in [2.05, 4.69) is 20.7 Å². The van der Waals surface area contributed by atoms with Crippen LogP contribution in [0, 0.1) is 36.8 Å². The Morgan fingerprint density at radius 2 is 2.04 bits per heavy atom. The Bertz CT molecular complexity index is 853. The first-order valence-corrected chi connectivity index (χ1v) is 7.41. The zero-order valence-electron chi connectivity index (χ0n) is 14.3. The quantitative estimate of drug-likeness (QED) is 0.475. The average molecular weight is 351 g/mol. The molecule has 25 heavy (non-hydrogen) atoms. The largest absolute Gasteiger partial charge is 0.312 e. The predicted octanol–water partition coefficient (Wildman–Crippen LogP) is 1.13. The molecule has 1 amide bonds. The van der Waals surface area contributed by atoms with Crippen LogP contribution in [-0.4, -0.2) is 36.6 Å². The lowest BCUT2D eigenvalue weighted by molar-refractivity contribution is -0.386. The second-order valence-electron chi connectivity index (χ2n) is 5.46. The van der Waals surface area contributed by atoms with E-state index in [4.69, 9.17) is 0 Å². The van der Waals surface area contributed by atoms with Gasteiger partial charge in [0, 0.05) is 13.5 Å². The summed E-state index contributed by atoms with van der Waals surface area (Å²) in [5.41, 5.74) is 3.55. The van der Waals surface area contributed by atoms with Gasteiger partial charge in [0.2, 0.25) is 11.9 Å². The molecule has 0 aromatic carbocycles. The Hall–Kier alpha value is -3.11. The van der Waals surface area contributed by atoms with Crippen LogP contribution >= 0.6 is 0 Å². The Morgan fingerprint density at radius 1 is 1.36 bits per heavy atom. The van der Waals surface area contributed by atoms with Gasteiger partial charge in [-0.1, -0.05) is 0 Å². The fourth-order valence-electron chi connectivity index (χ4n) is 2.39. The molecule has 0 aliphatic carbocycles. The van der Waals surface area contributed by atoms with Gasteiger partial charge in [0.1, 0.15) is 11.4 Å². The fraction of sp³-hybridized carbons (Fsp3) is 0.429. The van der Waals surface area contributed by atoms with E-state index in [0.717, 1.165) is 4.68 Å². The number of aromatic nitrogens is 4. The van der Waals surface area contributed by atoms with Gasteiger partial charge in [0.25, 0.3) is 0 Å². The van der Waals surface area contributed by atoms with Crippen molar-refractivity contribution in [1.82, 2.24) is 25.0 Å². The topological polar surface area (TPSA) is 120 Å². The van der Waals surface area contributed by atoms with E-state index in [9.17, 15) is 19.3 Å². The summed E-state index contributed by atoms with van der Waals surface area (Å²) in [7, 11) is 1.46. The van der Waals surface area contributed by atoms with Gasteiger partial charge in [-0.15, -0.1) is 0 Å². The van der Waals surface area contributed by atoms with Crippen LogP contribution < -0.4 is 5.43 Å². The fourth-order valence-corrected chi connectivity index (χ4v) is 2.39. The van der Waals surface area contributed by atoms with Crippen LogP contribution in [-0.2, 0) is 18.4 Å². The molecular weight excluding hydrogens is 333 g/mol. The molecule has 11 heteroatoms. The smallest absolute Gasteiger partial charge is 0.273 e. The monoisotopic (exact) mass is 351 g/mol. The molecule has 0 radical (unpaired) electrons. The van der Waals surface area contributed by atoms with Gasteiger partial charge in [0.05, 0.1) is 28.9 Å². The summed E-state index contributed by atoms with van der Waals surface area (Å²) >= 11 is 0. The Labute approximate surface area is 142 Å². The average Bonchev–Trinajstić information content (AvgIpc) is 2.94. The van der Waals surface area contributed by atoms with E-state index in [1.807, 2.05) is 0 Å². The van der Waals surface area contributed by atoms with Crippen LogP contribution in [0.5, 0.6) is 0 Å². The molecule has 2 aromatic rings. The lowest BCUT2D eigenvalue weighted by atomic mass is 10.3. The Morgan fingerprint density at radius 3 is 2.56 bits per heavy atom. The van der Waals surface area contributed by atoms with Crippen molar-refractivity contribution in [1.29, 1.82) is 0 Å². The third-order valence-corrected chi connectivity index (χ3v) is 3.66. The zero-order valence-corrected chi connectivity index (χ0v) is 14.3. The lowest BCUT2D eigenvalue weighted by Crippen LogP contribution is -2.20. The molecule has 0 unspecified atom stereocenters. The number of nitro groups is 1. The minimum absolute atomic E-state index is 0.0188. The molecule has 0 spiro atoms. The number of nitrogens with one attached hydrogen (secondary N) is 1. The number of carbonyl (C=O) groups is 1. The highest BCUT2D eigenvalue weighted by molar-refractivity contribution is 5.83. The SMILES string of the molecule is Cc1nn(C)c(F)c1C=NNC(=O)CCn1nc(C)c([N+](=O)[O-])c1C. The van der Waals surface area contributed by atoms with E-state index >= 15 is 0 Å². The summed E-state index contributed by atoms with van der Waals surface area (Å²) in [6.45, 7) is 4.91. The van der Waals surface area contributed by atoms with E-state index in [0.29, 0.717) is 17.1 Å². The minimum Gasteiger partial charge on any atom is -0.273 e. The number of carbonyl (C=O) groups excluding carboxylic acids is 1. The van der Waals surface area contributed by atoms with Crippen molar-refractivity contribution >= 4 is 17.8 Å². The zero-order chi connectivity index (χ0) is 18.7. The van der Waals surface area contributed by atoms with Crippen LogP contribution in [0.3, 0.4) is 0 Å². The second kappa shape index (κ2) is 7.20. The first-order chi connectivity index (χ1) is 11.7. The number of amides is 1. The summed E-state index contributed by atoms with van der Waals surface area (Å²) in [5.74, 6) is -0.973. The molecule has 2 heterocycles. The molecule has 0 bridgehead atoms. The van der Waals surface area contributed by atoms with E-state index in [1.165, 1.54) is 24.9 Å². The molecule has 0 saturated heterocycles. The third-order valence-electron chi connectivity index (χ3n) is 3.66. The molecule has 0 saturated carbocycles. The van der Waals surface area contributed by atoms with Gasteiger partial charge in [-0.25, -0.2) is 10.1 Å². The van der Waals surface area contributed by atoms with Crippen LogP contribution in [0.4, 0.5) is 10.1 Å². The molecule has 134 valence electrons. The van der Waals surface area contributed by atoms with E-state index < -0.39 is 16.8 Å². The molecule has 2 rings (SSSR count). The molecule has 1 N–H and O–H groups in total. The number of halogens is 1. The summed E-state index contributed by atoms with van der Waals surface area (Å²) < 4.78 is 16.2. The summed E-state index contributed by atoms with van der Waals surface area (Å²) in [6.07, 6.45) is 1.20. The highest BCUT2D eigenvalue weighted by atomic mass is 19.1. The lowest BCUT2D eigenvalue weighted by Gasteiger charge is -2.02. The van der Waals surface area contributed by atoms with Crippen LogP contribution in [0.2, 0.25) is 0 Å². The van der Waals surface area contributed by atoms with Crippen molar-refractivity contribution < 1.29 is 14.1 Å². The number of hydrogen-bond donors (Lipinski definition) is 1. The van der Waals surface area contributed by atoms with Crippen LogP contribution in [0.15, 0.2) is 5.10 Å². The van der Waals surface area contributed by atoms with Crippen molar-refractivity contribution in [2.45, 2.75) is 33.7 Å². The summed E-state index contributed by atoms with van der Waals surface area (Å²) in [4.78, 5) is 22.3. The van der Waals surface area contributed by atoms with Gasteiger partial charge >= 0.3 is 5.69 Å². The maximum atomic E-state index is 13.7. The summed E-state index contributed by atoms with van der Waals surface area (Å²) in [6, 6.07) is 0. The molecule has 0 atom stereocenters. The minimum atomic E-state index is -0.551. The first-order valence-electron chi connectivity index (χ1n) is 7.41. The molecule has 10 nitrogen and oxygen atoms in total. The molecule has 2 aromatic heterocycles. The molecule has 0 fully saturated rings. The van der Waals surface area contributed by atoms with Crippen molar-refractivity contribution in [2.24, 2.45) is 12.1 Å². The number of hydrazone groups is 1. The number of rotatable bonds is 6. The van der Waals surface area contributed by atoms with Crippen molar-refractivity contribution in [3.8, 4) is 0 Å². The number of hydrogen-bond acceptors (Lipinski definition) is 6. The van der Waals surface area contributed by atoms with Crippen molar-refractivity contribution in [3.05, 3.63) is 38.7 Å². The molecular formula is C14H18FN7O3. The van der Waals surface area contributed by atoms with Crippen LogP contribution in [0.1, 0.15) is 29.1 Å². The first kappa shape index (κ1) is 18.2. The van der Waals surface area contributed by atoms with Gasteiger partial charge in [0.15, 0.2) is 0 Å². The molecule has 0 aliphatic heterocycles. The van der Waals surface area contributed by atoms with Crippen LogP contribution in [0.25, 0.3) is 0 Å². The van der Waals surface area contributed by atoms with E-state index in [-0.39, 0.29) is 24.2 Å². The highest BCUT2D eigenvalue weighted by Crippen LogP contribution is 2.21. The van der Waals surface area contributed by atoms with Gasteiger partial charge in [-0.05, 0) is 20.8 Å². The van der Waals surface area contributed by atoms with E-state index in [1.54, 1.807) is 13.8 Å². The molecule has 0 aliphatic rings. The third kappa shape index (κ3) is 3.87.